The van der Waals surface area contributed by atoms with E-state index in [0.717, 1.165) is 12.8 Å². The lowest BCUT2D eigenvalue weighted by Gasteiger charge is -2.22. The van der Waals surface area contributed by atoms with Gasteiger partial charge >= 0.3 is 0 Å². The Hall–Kier alpha value is -0.810. The highest BCUT2D eigenvalue weighted by molar-refractivity contribution is 5.86. The monoisotopic (exact) mass is 179 g/mol. The fraction of sp³-hybridized carbons (Fsp3) is 0.727. The average Bonchev–Trinajstić information content (AvgIpc) is 2.18. The van der Waals surface area contributed by atoms with Crippen molar-refractivity contribution in [2.45, 2.75) is 44.6 Å². The summed E-state index contributed by atoms with van der Waals surface area (Å²) >= 11 is 0. The van der Waals surface area contributed by atoms with Gasteiger partial charge in [-0.25, -0.2) is 0 Å². The Morgan fingerprint density at radius 1 is 1.46 bits per heavy atom. The molecule has 0 heterocycles. The van der Waals surface area contributed by atoms with E-state index in [2.05, 4.69) is 5.92 Å². The van der Waals surface area contributed by atoms with Crippen molar-refractivity contribution in [3.63, 3.8) is 0 Å². The average molecular weight is 179 g/mol. The van der Waals surface area contributed by atoms with Crippen LogP contribution < -0.4 is 5.73 Å². The first-order valence-corrected chi connectivity index (χ1v) is 4.98. The normalized spacial score (nSPS) is 20.6. The smallest absolute Gasteiger partial charge is 0.153 e. The van der Waals surface area contributed by atoms with Gasteiger partial charge in [0.15, 0.2) is 5.78 Å². The number of ketones is 1. The van der Waals surface area contributed by atoms with Gasteiger partial charge in [0.05, 0.1) is 6.04 Å². The van der Waals surface area contributed by atoms with Gasteiger partial charge in [-0.05, 0) is 12.8 Å². The minimum Gasteiger partial charge on any atom is -0.321 e. The number of hydrogen-bond acceptors (Lipinski definition) is 2. The zero-order valence-electron chi connectivity index (χ0n) is 7.96. The van der Waals surface area contributed by atoms with Crippen LogP contribution in [0, 0.1) is 18.3 Å². The van der Waals surface area contributed by atoms with Crippen molar-refractivity contribution >= 4 is 5.78 Å². The quantitative estimate of drug-likeness (QED) is 0.667. The van der Waals surface area contributed by atoms with E-state index in [-0.39, 0.29) is 11.7 Å². The van der Waals surface area contributed by atoms with Crippen LogP contribution in [0.5, 0.6) is 0 Å². The maximum Gasteiger partial charge on any atom is 0.153 e. The van der Waals surface area contributed by atoms with Gasteiger partial charge in [-0.15, -0.1) is 12.3 Å². The van der Waals surface area contributed by atoms with Gasteiger partial charge in [-0.1, -0.05) is 19.3 Å². The molecule has 1 atom stereocenters. The highest BCUT2D eigenvalue weighted by Crippen LogP contribution is 2.25. The molecule has 0 saturated heterocycles. The second-order valence-electron chi connectivity index (χ2n) is 3.75. The SMILES string of the molecule is C#CCC(N)C(=O)C1CCCCC1. The molecule has 1 fully saturated rings. The first-order chi connectivity index (χ1) is 6.25. The molecule has 0 aromatic rings. The van der Waals surface area contributed by atoms with Gasteiger partial charge in [0.1, 0.15) is 0 Å². The number of terminal acetylenes is 1. The summed E-state index contributed by atoms with van der Waals surface area (Å²) in [6.45, 7) is 0. The molecule has 0 aliphatic heterocycles. The van der Waals surface area contributed by atoms with Crippen LogP contribution in [-0.4, -0.2) is 11.8 Å². The maximum atomic E-state index is 11.7. The van der Waals surface area contributed by atoms with Crippen molar-refractivity contribution in [1.29, 1.82) is 0 Å². The molecule has 1 unspecified atom stereocenters. The van der Waals surface area contributed by atoms with Crippen LogP contribution in [0.25, 0.3) is 0 Å². The molecular weight excluding hydrogens is 162 g/mol. The van der Waals surface area contributed by atoms with E-state index in [9.17, 15) is 4.79 Å². The van der Waals surface area contributed by atoms with Crippen LogP contribution in [-0.2, 0) is 4.79 Å². The van der Waals surface area contributed by atoms with Gasteiger partial charge in [0, 0.05) is 12.3 Å². The Balaban J connectivity index is 2.41. The van der Waals surface area contributed by atoms with Crippen molar-refractivity contribution < 1.29 is 4.79 Å². The van der Waals surface area contributed by atoms with Crippen LogP contribution in [0.2, 0.25) is 0 Å². The van der Waals surface area contributed by atoms with E-state index < -0.39 is 6.04 Å². The van der Waals surface area contributed by atoms with Crippen molar-refractivity contribution in [1.82, 2.24) is 0 Å². The predicted octanol–water partition coefficient (Wildman–Crippen LogP) is 1.49. The van der Waals surface area contributed by atoms with Gasteiger partial charge in [-0.3, -0.25) is 4.79 Å². The van der Waals surface area contributed by atoms with Crippen molar-refractivity contribution in [3.8, 4) is 12.3 Å². The predicted molar refractivity (Wildman–Crippen MR) is 53.0 cm³/mol. The van der Waals surface area contributed by atoms with Crippen LogP contribution in [0.4, 0.5) is 0 Å². The van der Waals surface area contributed by atoms with Crippen molar-refractivity contribution in [3.05, 3.63) is 0 Å². The molecule has 2 nitrogen and oxygen atoms in total. The molecule has 0 aromatic carbocycles. The second kappa shape index (κ2) is 5.04. The third-order valence-electron chi connectivity index (χ3n) is 2.71. The summed E-state index contributed by atoms with van der Waals surface area (Å²) < 4.78 is 0. The molecule has 1 aliphatic carbocycles. The van der Waals surface area contributed by atoms with E-state index in [1.165, 1.54) is 19.3 Å². The van der Waals surface area contributed by atoms with E-state index in [0.29, 0.717) is 6.42 Å². The van der Waals surface area contributed by atoms with Gasteiger partial charge in [-0.2, -0.15) is 0 Å². The molecule has 0 spiro atoms. The molecule has 0 bridgehead atoms. The molecule has 1 aliphatic rings. The van der Waals surface area contributed by atoms with Gasteiger partial charge in [0.2, 0.25) is 0 Å². The summed E-state index contributed by atoms with van der Waals surface area (Å²) in [5, 5.41) is 0. The number of carbonyl (C=O) groups excluding carboxylic acids is 1. The fourth-order valence-corrected chi connectivity index (χ4v) is 1.92. The number of hydrogen-bond donors (Lipinski definition) is 1. The van der Waals surface area contributed by atoms with E-state index in [4.69, 9.17) is 12.2 Å². The van der Waals surface area contributed by atoms with Crippen molar-refractivity contribution in [2.75, 3.05) is 0 Å². The highest BCUT2D eigenvalue weighted by Gasteiger charge is 2.24. The summed E-state index contributed by atoms with van der Waals surface area (Å²) in [6, 6.07) is -0.423. The lowest BCUT2D eigenvalue weighted by Crippen LogP contribution is -2.36. The van der Waals surface area contributed by atoms with Crippen LogP contribution in [0.3, 0.4) is 0 Å². The number of nitrogens with two attached hydrogens (primary N) is 1. The Labute approximate surface area is 79.9 Å². The Bertz CT molecular complexity index is 211. The lowest BCUT2D eigenvalue weighted by atomic mass is 9.83. The molecular formula is C11H17NO. The standard InChI is InChI=1S/C11H17NO/c1-2-6-10(12)11(13)9-7-4-3-5-8-9/h1,9-10H,3-8,12H2. The van der Waals surface area contributed by atoms with Gasteiger partial charge in [0.25, 0.3) is 0 Å². The highest BCUT2D eigenvalue weighted by atomic mass is 16.1. The zero-order valence-corrected chi connectivity index (χ0v) is 7.96. The number of Topliss-reactive ketones (excluding diaryl/α,β-unsaturated/α-hetero) is 1. The summed E-state index contributed by atoms with van der Waals surface area (Å²) in [4.78, 5) is 11.7. The lowest BCUT2D eigenvalue weighted by molar-refractivity contribution is -0.124. The molecule has 0 amide bonds. The Kier molecular flexibility index (Phi) is 3.98. The maximum absolute atomic E-state index is 11.7. The number of carbonyl (C=O) groups is 1. The zero-order chi connectivity index (χ0) is 9.68. The molecule has 13 heavy (non-hydrogen) atoms. The molecule has 0 radical (unpaired) electrons. The van der Waals surface area contributed by atoms with E-state index in [1.807, 2.05) is 0 Å². The van der Waals surface area contributed by atoms with E-state index >= 15 is 0 Å². The largest absolute Gasteiger partial charge is 0.321 e. The molecule has 2 N–H and O–H groups in total. The Morgan fingerprint density at radius 3 is 2.62 bits per heavy atom. The number of rotatable bonds is 3. The first-order valence-electron chi connectivity index (χ1n) is 4.98. The molecule has 72 valence electrons. The topological polar surface area (TPSA) is 43.1 Å². The summed E-state index contributed by atoms with van der Waals surface area (Å²) in [5.41, 5.74) is 5.67. The third kappa shape index (κ3) is 2.86. The molecule has 0 aromatic heterocycles. The summed E-state index contributed by atoms with van der Waals surface area (Å²) in [6.07, 6.45) is 11.1. The van der Waals surface area contributed by atoms with Crippen LogP contribution in [0.15, 0.2) is 0 Å². The van der Waals surface area contributed by atoms with Crippen LogP contribution >= 0.6 is 0 Å². The fourth-order valence-electron chi connectivity index (χ4n) is 1.92. The van der Waals surface area contributed by atoms with E-state index in [1.54, 1.807) is 0 Å². The van der Waals surface area contributed by atoms with Gasteiger partial charge < -0.3 is 5.73 Å². The van der Waals surface area contributed by atoms with Crippen molar-refractivity contribution in [2.24, 2.45) is 11.7 Å². The summed E-state index contributed by atoms with van der Waals surface area (Å²) in [7, 11) is 0. The minimum atomic E-state index is -0.423. The first kappa shape index (κ1) is 10.3. The second-order valence-corrected chi connectivity index (χ2v) is 3.75. The minimum absolute atomic E-state index is 0.178. The Morgan fingerprint density at radius 2 is 2.08 bits per heavy atom. The third-order valence-corrected chi connectivity index (χ3v) is 2.71. The summed E-state index contributed by atoms with van der Waals surface area (Å²) in [5.74, 6) is 2.81. The molecule has 1 rings (SSSR count). The molecule has 2 heteroatoms. The van der Waals surface area contributed by atoms with Crippen LogP contribution in [0.1, 0.15) is 38.5 Å². The molecule has 1 saturated carbocycles.